The molecule has 0 atom stereocenters. The predicted octanol–water partition coefficient (Wildman–Crippen LogP) is 5.24. The number of benzene rings is 3. The first-order chi connectivity index (χ1) is 15.2. The van der Waals surface area contributed by atoms with Crippen molar-refractivity contribution in [3.63, 3.8) is 0 Å². The van der Waals surface area contributed by atoms with Crippen LogP contribution in [0.3, 0.4) is 0 Å². The molecule has 0 radical (unpaired) electrons. The zero-order chi connectivity index (χ0) is 21.8. The summed E-state index contributed by atoms with van der Waals surface area (Å²) in [5.41, 5.74) is 2.29. The second-order valence-electron chi connectivity index (χ2n) is 7.49. The van der Waals surface area contributed by atoms with Crippen LogP contribution < -0.4 is 0 Å². The second-order valence-corrected chi connectivity index (χ2v) is 7.49. The highest BCUT2D eigenvalue weighted by Gasteiger charge is 2.38. The maximum atomic E-state index is 13.0. The summed E-state index contributed by atoms with van der Waals surface area (Å²) in [6.07, 6.45) is 1.54. The van der Waals surface area contributed by atoms with Crippen LogP contribution in [0.25, 0.3) is 0 Å². The van der Waals surface area contributed by atoms with Crippen molar-refractivity contribution < 1.29 is 14.3 Å². The van der Waals surface area contributed by atoms with Gasteiger partial charge in [0, 0.05) is 6.42 Å². The van der Waals surface area contributed by atoms with Crippen LogP contribution >= 0.6 is 0 Å². The zero-order valence-corrected chi connectivity index (χ0v) is 17.9. The standard InChI is InChI=1S/C28H28O3/c1-30-27(29)28(21-24-13-5-2-6-14-24,22-25-15-7-3-8-16-25)19-11-12-20-31-23-26-17-9-4-10-18-26/h2-10,13-18H,12,20-23H2,1H3. The summed E-state index contributed by atoms with van der Waals surface area (Å²) in [7, 11) is 1.43. The molecular weight excluding hydrogens is 384 g/mol. The van der Waals surface area contributed by atoms with Crippen molar-refractivity contribution in [2.45, 2.75) is 25.9 Å². The van der Waals surface area contributed by atoms with Gasteiger partial charge in [0.1, 0.15) is 5.41 Å². The van der Waals surface area contributed by atoms with Gasteiger partial charge in [0.2, 0.25) is 0 Å². The summed E-state index contributed by atoms with van der Waals surface area (Å²) in [6.45, 7) is 1.06. The van der Waals surface area contributed by atoms with Crippen LogP contribution in [-0.4, -0.2) is 19.7 Å². The van der Waals surface area contributed by atoms with Gasteiger partial charge in [-0.2, -0.15) is 0 Å². The van der Waals surface area contributed by atoms with E-state index in [9.17, 15) is 4.79 Å². The topological polar surface area (TPSA) is 35.5 Å². The number of esters is 1. The Morgan fingerprint density at radius 3 is 1.74 bits per heavy atom. The molecule has 3 heteroatoms. The van der Waals surface area contributed by atoms with Gasteiger partial charge in [0.05, 0.1) is 20.3 Å². The third-order valence-electron chi connectivity index (χ3n) is 5.08. The molecule has 3 nitrogen and oxygen atoms in total. The van der Waals surface area contributed by atoms with Crippen molar-refractivity contribution in [2.24, 2.45) is 5.41 Å². The molecule has 0 N–H and O–H groups in total. The minimum Gasteiger partial charge on any atom is -0.468 e. The van der Waals surface area contributed by atoms with Gasteiger partial charge in [0.15, 0.2) is 0 Å². The summed E-state index contributed by atoms with van der Waals surface area (Å²) in [5.74, 6) is 6.16. The Balaban J connectivity index is 1.75. The summed E-state index contributed by atoms with van der Waals surface area (Å²) in [5, 5.41) is 0. The van der Waals surface area contributed by atoms with Crippen molar-refractivity contribution in [3.05, 3.63) is 108 Å². The van der Waals surface area contributed by atoms with Gasteiger partial charge in [0.25, 0.3) is 0 Å². The molecule has 0 aliphatic heterocycles. The van der Waals surface area contributed by atoms with Crippen molar-refractivity contribution in [2.75, 3.05) is 13.7 Å². The highest BCUT2D eigenvalue weighted by molar-refractivity contribution is 5.81. The Morgan fingerprint density at radius 2 is 1.26 bits per heavy atom. The van der Waals surface area contributed by atoms with Gasteiger partial charge < -0.3 is 9.47 Å². The highest BCUT2D eigenvalue weighted by Crippen LogP contribution is 2.29. The summed E-state index contributed by atoms with van der Waals surface area (Å²) in [4.78, 5) is 13.0. The lowest BCUT2D eigenvalue weighted by Crippen LogP contribution is -2.35. The van der Waals surface area contributed by atoms with E-state index in [2.05, 4.69) is 11.8 Å². The first-order valence-corrected chi connectivity index (χ1v) is 10.5. The van der Waals surface area contributed by atoms with Gasteiger partial charge in [-0.15, -0.1) is 0 Å². The maximum Gasteiger partial charge on any atom is 0.324 e. The van der Waals surface area contributed by atoms with Gasteiger partial charge in [-0.05, 0) is 29.5 Å². The Hall–Kier alpha value is -3.35. The van der Waals surface area contributed by atoms with Crippen molar-refractivity contribution in [1.82, 2.24) is 0 Å². The molecule has 0 saturated heterocycles. The fourth-order valence-electron chi connectivity index (χ4n) is 3.55. The molecule has 0 heterocycles. The van der Waals surface area contributed by atoms with Crippen LogP contribution in [0, 0.1) is 17.3 Å². The molecule has 0 saturated carbocycles. The number of carbonyl (C=O) groups is 1. The third kappa shape index (κ3) is 6.84. The van der Waals surface area contributed by atoms with Gasteiger partial charge in [-0.3, -0.25) is 4.79 Å². The van der Waals surface area contributed by atoms with Crippen LogP contribution in [0.1, 0.15) is 23.1 Å². The van der Waals surface area contributed by atoms with Gasteiger partial charge in [-0.1, -0.05) is 103 Å². The molecule has 0 fully saturated rings. The summed E-state index contributed by atoms with van der Waals surface area (Å²) in [6, 6.07) is 30.0. The van der Waals surface area contributed by atoms with Gasteiger partial charge in [-0.25, -0.2) is 0 Å². The van der Waals surface area contributed by atoms with E-state index < -0.39 is 5.41 Å². The molecule has 3 aromatic rings. The van der Waals surface area contributed by atoms with E-state index in [4.69, 9.17) is 9.47 Å². The number of methoxy groups -OCH3 is 1. The average Bonchev–Trinajstić information content (AvgIpc) is 2.82. The molecule has 0 aromatic heterocycles. The van der Waals surface area contributed by atoms with Crippen molar-refractivity contribution >= 4 is 5.97 Å². The molecule has 3 aromatic carbocycles. The summed E-state index contributed by atoms with van der Waals surface area (Å²) < 4.78 is 11.0. The minimum absolute atomic E-state index is 0.307. The van der Waals surface area contributed by atoms with Gasteiger partial charge >= 0.3 is 5.97 Å². The average molecular weight is 413 g/mol. The minimum atomic E-state index is -0.948. The quantitative estimate of drug-likeness (QED) is 0.274. The zero-order valence-electron chi connectivity index (χ0n) is 17.9. The fraction of sp³-hybridized carbons (Fsp3) is 0.250. The summed E-state index contributed by atoms with van der Waals surface area (Å²) >= 11 is 0. The fourth-order valence-corrected chi connectivity index (χ4v) is 3.55. The first-order valence-electron chi connectivity index (χ1n) is 10.5. The SMILES string of the molecule is COC(=O)C(C#CCCOCc1ccccc1)(Cc1ccccc1)Cc1ccccc1. The monoisotopic (exact) mass is 412 g/mol. The normalized spacial score (nSPS) is 10.7. The van der Waals surface area contributed by atoms with Crippen LogP contribution in [0.5, 0.6) is 0 Å². The van der Waals surface area contributed by atoms with E-state index in [1.54, 1.807) is 0 Å². The van der Waals surface area contributed by atoms with Crippen molar-refractivity contribution in [1.29, 1.82) is 0 Å². The first kappa shape index (κ1) is 22.3. The Bertz CT molecular complexity index is 944. The van der Waals surface area contributed by atoms with Crippen molar-refractivity contribution in [3.8, 4) is 11.8 Å². The lowest BCUT2D eigenvalue weighted by atomic mass is 9.77. The number of rotatable bonds is 9. The molecule has 0 unspecified atom stereocenters. The smallest absolute Gasteiger partial charge is 0.324 e. The van der Waals surface area contributed by atoms with E-state index in [0.717, 1.165) is 16.7 Å². The third-order valence-corrected chi connectivity index (χ3v) is 5.08. The lowest BCUT2D eigenvalue weighted by Gasteiger charge is -2.26. The van der Waals surface area contributed by atoms with Crippen LogP contribution in [0.2, 0.25) is 0 Å². The molecule has 31 heavy (non-hydrogen) atoms. The number of hydrogen-bond acceptors (Lipinski definition) is 3. The van der Waals surface area contributed by atoms with Crippen LogP contribution in [0.4, 0.5) is 0 Å². The molecular formula is C28H28O3. The van der Waals surface area contributed by atoms with Crippen LogP contribution in [0.15, 0.2) is 91.0 Å². The number of ether oxygens (including phenoxy) is 2. The Kier molecular flexibility index (Phi) is 8.46. The van der Waals surface area contributed by atoms with Crippen LogP contribution in [-0.2, 0) is 33.7 Å². The Morgan fingerprint density at radius 1 is 0.774 bits per heavy atom. The van der Waals surface area contributed by atoms with E-state index in [1.807, 2.05) is 91.0 Å². The van der Waals surface area contributed by atoms with E-state index in [-0.39, 0.29) is 5.97 Å². The molecule has 158 valence electrons. The number of hydrogen-bond donors (Lipinski definition) is 0. The number of carbonyl (C=O) groups excluding carboxylic acids is 1. The predicted molar refractivity (Wildman–Crippen MR) is 123 cm³/mol. The lowest BCUT2D eigenvalue weighted by molar-refractivity contribution is -0.149. The Labute approximate surface area is 185 Å². The molecule has 0 spiro atoms. The highest BCUT2D eigenvalue weighted by atomic mass is 16.5. The second kappa shape index (κ2) is 11.7. The molecule has 3 rings (SSSR count). The molecule has 0 amide bonds. The molecule has 0 aliphatic carbocycles. The molecule has 0 bridgehead atoms. The maximum absolute atomic E-state index is 13.0. The molecule has 0 aliphatic rings. The van der Waals surface area contributed by atoms with E-state index in [0.29, 0.717) is 32.5 Å². The van der Waals surface area contributed by atoms with E-state index >= 15 is 0 Å². The largest absolute Gasteiger partial charge is 0.468 e. The van der Waals surface area contributed by atoms with E-state index in [1.165, 1.54) is 7.11 Å².